The molecule has 2 rings (SSSR count). The van der Waals surface area contributed by atoms with E-state index >= 15 is 0 Å². The third-order valence-electron chi connectivity index (χ3n) is 3.92. The van der Waals surface area contributed by atoms with Crippen molar-refractivity contribution in [3.8, 4) is 0 Å². The minimum Gasteiger partial charge on any atom is -0.511 e. The molecule has 1 atom stereocenters. The smallest absolute Gasteiger partial charge is 0.316 e. The summed E-state index contributed by atoms with van der Waals surface area (Å²) in [5, 5.41) is 10.4. The number of Topliss-reactive ketones (excluding diaryl/α,β-unsaturated/α-hetero) is 1. The summed E-state index contributed by atoms with van der Waals surface area (Å²) < 4.78 is 4.75. The van der Waals surface area contributed by atoms with Crippen molar-refractivity contribution in [2.24, 2.45) is 16.3 Å². The summed E-state index contributed by atoms with van der Waals surface area (Å²) in [5.74, 6) is -2.01. The number of hydrogen-bond donors (Lipinski definition) is 2. The third kappa shape index (κ3) is 3.41. The van der Waals surface area contributed by atoms with Gasteiger partial charge in [0, 0.05) is 18.3 Å². The van der Waals surface area contributed by atoms with Crippen LogP contribution in [-0.4, -0.2) is 30.2 Å². The Bertz CT molecular complexity index is 687. The number of methoxy groups -OCH3 is 1. The molecule has 1 aromatic rings. The summed E-state index contributed by atoms with van der Waals surface area (Å²) in [7, 11) is 1.25. The van der Waals surface area contributed by atoms with Crippen molar-refractivity contribution >= 4 is 29.3 Å². The number of rotatable bonds is 3. The summed E-state index contributed by atoms with van der Waals surface area (Å²) in [4.78, 5) is 28.4. The molecule has 0 unspecified atom stereocenters. The molecule has 1 aliphatic carbocycles. The number of nitrogens with zero attached hydrogens (tertiary/aromatic N) is 1. The van der Waals surface area contributed by atoms with Gasteiger partial charge in [0.05, 0.1) is 18.4 Å². The zero-order valence-electron chi connectivity index (χ0n) is 13.4. The largest absolute Gasteiger partial charge is 0.511 e. The molecule has 0 aromatic heterocycles. The first kappa shape index (κ1) is 16.7. The molecule has 0 amide bonds. The number of nitrogens with two attached hydrogens (primary N) is 1. The summed E-state index contributed by atoms with van der Waals surface area (Å²) in [6.45, 7) is 3.49. The van der Waals surface area contributed by atoms with Gasteiger partial charge in [-0.05, 0) is 29.7 Å². The van der Waals surface area contributed by atoms with Gasteiger partial charge in [-0.2, -0.15) is 0 Å². The quantitative estimate of drug-likeness (QED) is 0.507. The van der Waals surface area contributed by atoms with Gasteiger partial charge in [0.2, 0.25) is 0 Å². The number of benzene rings is 1. The van der Waals surface area contributed by atoms with Crippen LogP contribution in [0.4, 0.5) is 11.4 Å². The highest BCUT2D eigenvalue weighted by Gasteiger charge is 2.46. The number of carbonyl (C=O) groups excluding carboxylic acids is 2. The fourth-order valence-electron chi connectivity index (χ4n) is 2.67. The number of nitrogen functional groups attached to an aromatic ring is 1. The Hall–Kier alpha value is -2.63. The molecule has 0 saturated carbocycles. The molecule has 0 spiro atoms. The number of hydrogen-bond acceptors (Lipinski definition) is 6. The van der Waals surface area contributed by atoms with Crippen molar-refractivity contribution in [1.82, 2.24) is 0 Å². The predicted molar refractivity (Wildman–Crippen MR) is 87.6 cm³/mol. The van der Waals surface area contributed by atoms with Crippen molar-refractivity contribution in [1.29, 1.82) is 0 Å². The van der Waals surface area contributed by atoms with Gasteiger partial charge in [-0.1, -0.05) is 13.8 Å². The number of aliphatic hydroxyl groups is 1. The highest BCUT2D eigenvalue weighted by atomic mass is 16.5. The first-order valence-electron chi connectivity index (χ1n) is 7.20. The Morgan fingerprint density at radius 3 is 2.57 bits per heavy atom. The molecule has 0 aliphatic heterocycles. The second-order valence-electron chi connectivity index (χ2n) is 6.19. The van der Waals surface area contributed by atoms with Crippen LogP contribution in [0.2, 0.25) is 0 Å². The van der Waals surface area contributed by atoms with Gasteiger partial charge in [-0.3, -0.25) is 14.6 Å². The van der Waals surface area contributed by atoms with E-state index in [1.807, 2.05) is 0 Å². The summed E-state index contributed by atoms with van der Waals surface area (Å²) in [6, 6.07) is 6.75. The van der Waals surface area contributed by atoms with Crippen LogP contribution < -0.4 is 5.73 Å². The molecule has 1 aliphatic rings. The summed E-state index contributed by atoms with van der Waals surface area (Å²) in [5.41, 5.74) is 6.12. The van der Waals surface area contributed by atoms with Gasteiger partial charge in [-0.25, -0.2) is 0 Å². The van der Waals surface area contributed by atoms with E-state index in [0.29, 0.717) is 11.4 Å². The standard InChI is InChI=1S/C17H20N2O4/c1-17(2)8-13(20)12(15(21)14(17)16(22)23-3)9-19-11-6-4-10(18)5-7-11/h4-7,9,14,21H,8,18H2,1-3H3/t14-/m1/s1. The molecule has 6 nitrogen and oxygen atoms in total. The van der Waals surface area contributed by atoms with E-state index in [-0.39, 0.29) is 23.5 Å². The Kier molecular flexibility index (Phi) is 4.54. The molecule has 0 heterocycles. The molecule has 23 heavy (non-hydrogen) atoms. The monoisotopic (exact) mass is 316 g/mol. The van der Waals surface area contributed by atoms with Crippen molar-refractivity contribution in [2.75, 3.05) is 12.8 Å². The highest BCUT2D eigenvalue weighted by molar-refractivity contribution is 6.15. The van der Waals surface area contributed by atoms with Crippen LogP contribution in [0.1, 0.15) is 20.3 Å². The lowest BCUT2D eigenvalue weighted by atomic mass is 9.68. The Morgan fingerprint density at radius 1 is 1.39 bits per heavy atom. The normalized spacial score (nSPS) is 20.8. The van der Waals surface area contributed by atoms with Gasteiger partial charge >= 0.3 is 5.97 Å². The maximum absolute atomic E-state index is 12.3. The lowest BCUT2D eigenvalue weighted by Crippen LogP contribution is -2.40. The molecule has 3 N–H and O–H groups in total. The minimum atomic E-state index is -0.891. The molecule has 0 radical (unpaired) electrons. The number of allylic oxidation sites excluding steroid dienone is 1. The van der Waals surface area contributed by atoms with Gasteiger partial charge < -0.3 is 15.6 Å². The molecule has 122 valence electrons. The fourth-order valence-corrected chi connectivity index (χ4v) is 2.67. The Balaban J connectivity index is 2.40. The molecule has 0 fully saturated rings. The third-order valence-corrected chi connectivity index (χ3v) is 3.92. The first-order chi connectivity index (χ1) is 10.8. The number of esters is 1. The molecular weight excluding hydrogens is 296 g/mol. The molecule has 0 bridgehead atoms. The van der Waals surface area contributed by atoms with Crippen LogP contribution in [0.25, 0.3) is 0 Å². The first-order valence-corrected chi connectivity index (χ1v) is 7.20. The number of carbonyl (C=O) groups is 2. The minimum absolute atomic E-state index is 0.0385. The zero-order valence-corrected chi connectivity index (χ0v) is 13.4. The highest BCUT2D eigenvalue weighted by Crippen LogP contribution is 2.41. The van der Waals surface area contributed by atoms with Crippen molar-refractivity contribution in [3.05, 3.63) is 35.6 Å². The van der Waals surface area contributed by atoms with Crippen LogP contribution in [0.3, 0.4) is 0 Å². The SMILES string of the molecule is COC(=O)[C@H]1C(O)=C(C=Nc2ccc(N)cc2)C(=O)CC1(C)C. The topological polar surface area (TPSA) is 102 Å². The predicted octanol–water partition coefficient (Wildman–Crippen LogP) is 2.57. The average molecular weight is 316 g/mol. The molecule has 1 aromatic carbocycles. The fraction of sp³-hybridized carbons (Fsp3) is 0.353. The maximum atomic E-state index is 12.3. The lowest BCUT2D eigenvalue weighted by Gasteiger charge is -2.35. The average Bonchev–Trinajstić information content (AvgIpc) is 2.47. The number of anilines is 1. The van der Waals surface area contributed by atoms with Crippen molar-refractivity contribution in [2.45, 2.75) is 20.3 Å². The number of aliphatic imine (C=N–C) groups is 1. The summed E-state index contributed by atoms with van der Waals surface area (Å²) in [6.07, 6.45) is 1.41. The van der Waals surface area contributed by atoms with Crippen molar-refractivity contribution < 1.29 is 19.4 Å². The Morgan fingerprint density at radius 2 is 2.00 bits per heavy atom. The maximum Gasteiger partial charge on any atom is 0.316 e. The van der Waals surface area contributed by atoms with Crippen LogP contribution >= 0.6 is 0 Å². The van der Waals surface area contributed by atoms with E-state index in [1.165, 1.54) is 13.3 Å². The van der Waals surface area contributed by atoms with Gasteiger partial charge in [0.15, 0.2) is 5.78 Å². The number of ketones is 1. The van der Waals surface area contributed by atoms with E-state index in [0.717, 1.165) is 0 Å². The van der Waals surface area contributed by atoms with Crippen LogP contribution in [0.15, 0.2) is 40.6 Å². The van der Waals surface area contributed by atoms with Crippen molar-refractivity contribution in [3.63, 3.8) is 0 Å². The Labute approximate surface area is 134 Å². The van der Waals surface area contributed by atoms with Gasteiger partial charge in [0.25, 0.3) is 0 Å². The molecular formula is C17H20N2O4. The van der Waals surface area contributed by atoms with E-state index in [4.69, 9.17) is 10.5 Å². The van der Waals surface area contributed by atoms with Crippen LogP contribution in [0, 0.1) is 11.3 Å². The van der Waals surface area contributed by atoms with E-state index in [9.17, 15) is 14.7 Å². The number of ether oxygens (including phenoxy) is 1. The number of aliphatic hydroxyl groups excluding tert-OH is 1. The van der Waals surface area contributed by atoms with E-state index in [2.05, 4.69) is 4.99 Å². The molecule has 6 heteroatoms. The van der Waals surface area contributed by atoms with E-state index < -0.39 is 17.3 Å². The zero-order chi connectivity index (χ0) is 17.2. The summed E-state index contributed by atoms with van der Waals surface area (Å²) >= 11 is 0. The van der Waals surface area contributed by atoms with Crippen LogP contribution in [-0.2, 0) is 14.3 Å². The van der Waals surface area contributed by atoms with Crippen LogP contribution in [0.5, 0.6) is 0 Å². The lowest BCUT2D eigenvalue weighted by molar-refractivity contribution is -0.150. The van der Waals surface area contributed by atoms with Gasteiger partial charge in [0.1, 0.15) is 11.7 Å². The van der Waals surface area contributed by atoms with E-state index in [1.54, 1.807) is 38.1 Å². The van der Waals surface area contributed by atoms with Gasteiger partial charge in [-0.15, -0.1) is 0 Å². The molecule has 0 saturated heterocycles. The second kappa shape index (κ2) is 6.24. The second-order valence-corrected chi connectivity index (χ2v) is 6.19.